The van der Waals surface area contributed by atoms with Crippen LogP contribution in [0.15, 0.2) is 69.6 Å². The number of hydrogen-bond donors (Lipinski definition) is 0. The first-order valence-electron chi connectivity index (χ1n) is 9.42. The second-order valence-corrected chi connectivity index (χ2v) is 6.95. The smallest absolute Gasteiger partial charge is 0.338 e. The molecular weight excluding hydrogens is 384 g/mol. The predicted molar refractivity (Wildman–Crippen MR) is 110 cm³/mol. The molecule has 2 heterocycles. The highest BCUT2D eigenvalue weighted by Crippen LogP contribution is 2.29. The number of carbonyl (C=O) groups excluding carboxylic acids is 2. The van der Waals surface area contributed by atoms with Crippen LogP contribution in [0.25, 0.3) is 22.2 Å². The van der Waals surface area contributed by atoms with Crippen molar-refractivity contribution in [2.45, 2.75) is 13.5 Å². The zero-order valence-corrected chi connectivity index (χ0v) is 16.6. The minimum absolute atomic E-state index is 0.303. The van der Waals surface area contributed by atoms with Gasteiger partial charge in [-0.25, -0.2) is 4.79 Å². The Balaban J connectivity index is 1.43. The van der Waals surface area contributed by atoms with Crippen molar-refractivity contribution in [3.63, 3.8) is 0 Å². The number of likely N-dealkylation sites (N-methyl/N-ethyl adjacent to an activating group) is 1. The molecule has 0 aliphatic carbocycles. The number of benzene rings is 2. The monoisotopic (exact) mass is 404 g/mol. The molecule has 2 aromatic carbocycles. The summed E-state index contributed by atoms with van der Waals surface area (Å²) in [5, 5.41) is 4.74. The summed E-state index contributed by atoms with van der Waals surface area (Å²) in [4.78, 5) is 26.2. The average Bonchev–Trinajstić information content (AvgIpc) is 3.37. The number of carbonyl (C=O) groups is 2. The molecule has 0 saturated heterocycles. The van der Waals surface area contributed by atoms with Gasteiger partial charge in [-0.15, -0.1) is 0 Å². The number of nitrogens with zero attached hydrogens (tertiary/aromatic N) is 2. The quantitative estimate of drug-likeness (QED) is 0.448. The Bertz CT molecular complexity index is 1190. The molecule has 4 aromatic rings. The van der Waals surface area contributed by atoms with Crippen LogP contribution < -0.4 is 0 Å². The Morgan fingerprint density at radius 3 is 2.60 bits per heavy atom. The minimum atomic E-state index is -0.590. The van der Waals surface area contributed by atoms with E-state index >= 15 is 0 Å². The highest BCUT2D eigenvalue weighted by atomic mass is 16.5. The number of furan rings is 1. The topological polar surface area (TPSA) is 85.8 Å². The third-order valence-electron chi connectivity index (χ3n) is 4.69. The van der Waals surface area contributed by atoms with E-state index in [2.05, 4.69) is 5.16 Å². The third kappa shape index (κ3) is 4.10. The van der Waals surface area contributed by atoms with Gasteiger partial charge < -0.3 is 18.6 Å². The van der Waals surface area contributed by atoms with Crippen LogP contribution in [0.1, 0.15) is 21.9 Å². The Hall–Kier alpha value is -3.87. The molecule has 0 atom stereocenters. The summed E-state index contributed by atoms with van der Waals surface area (Å²) in [6.45, 7) is 1.78. The molecule has 0 unspecified atom stereocenters. The van der Waals surface area contributed by atoms with Crippen LogP contribution in [0.3, 0.4) is 0 Å². The number of hydrogen-bond acceptors (Lipinski definition) is 6. The first-order chi connectivity index (χ1) is 14.5. The Morgan fingerprint density at radius 1 is 1.07 bits per heavy atom. The van der Waals surface area contributed by atoms with Gasteiger partial charge in [-0.1, -0.05) is 35.5 Å². The summed E-state index contributed by atoms with van der Waals surface area (Å²) in [6, 6.07) is 18.1. The highest BCUT2D eigenvalue weighted by Gasteiger charge is 2.17. The van der Waals surface area contributed by atoms with E-state index in [-0.39, 0.29) is 12.5 Å². The van der Waals surface area contributed by atoms with Gasteiger partial charge in [-0.2, -0.15) is 0 Å². The van der Waals surface area contributed by atoms with Crippen molar-refractivity contribution in [3.8, 4) is 11.3 Å². The van der Waals surface area contributed by atoms with Crippen molar-refractivity contribution >= 4 is 22.8 Å². The lowest BCUT2D eigenvalue weighted by molar-refractivity contribution is -0.134. The van der Waals surface area contributed by atoms with Crippen LogP contribution in [0.2, 0.25) is 0 Å². The van der Waals surface area contributed by atoms with E-state index in [1.807, 2.05) is 49.4 Å². The number of ether oxygens (including phenoxy) is 1. The van der Waals surface area contributed by atoms with Gasteiger partial charge in [0.2, 0.25) is 0 Å². The van der Waals surface area contributed by atoms with E-state index in [1.54, 1.807) is 25.2 Å². The molecule has 2 aromatic heterocycles. The van der Waals surface area contributed by atoms with Gasteiger partial charge in [0.25, 0.3) is 5.91 Å². The molecule has 0 spiro atoms. The fourth-order valence-corrected chi connectivity index (χ4v) is 3.08. The van der Waals surface area contributed by atoms with Crippen LogP contribution in [0.4, 0.5) is 0 Å². The normalized spacial score (nSPS) is 10.9. The molecule has 0 aliphatic rings. The van der Waals surface area contributed by atoms with Crippen LogP contribution in [0.5, 0.6) is 0 Å². The molecule has 30 heavy (non-hydrogen) atoms. The van der Waals surface area contributed by atoms with Crippen LogP contribution >= 0.6 is 0 Å². The lowest BCUT2D eigenvalue weighted by Gasteiger charge is -2.15. The van der Waals surface area contributed by atoms with E-state index in [4.69, 9.17) is 13.7 Å². The Kier molecular flexibility index (Phi) is 5.34. The van der Waals surface area contributed by atoms with Crippen LogP contribution in [-0.4, -0.2) is 35.6 Å². The lowest BCUT2D eigenvalue weighted by Crippen LogP contribution is -2.30. The van der Waals surface area contributed by atoms with Crippen LogP contribution in [-0.2, 0) is 16.1 Å². The van der Waals surface area contributed by atoms with Gasteiger partial charge >= 0.3 is 5.97 Å². The first kappa shape index (κ1) is 19.4. The minimum Gasteiger partial charge on any atom is -0.464 e. The molecule has 0 fully saturated rings. The predicted octanol–water partition coefficient (Wildman–Crippen LogP) is 4.21. The zero-order chi connectivity index (χ0) is 21.1. The second-order valence-electron chi connectivity index (χ2n) is 6.95. The van der Waals surface area contributed by atoms with Crippen molar-refractivity contribution in [1.82, 2.24) is 10.1 Å². The highest BCUT2D eigenvalue weighted by molar-refractivity contribution is 5.99. The van der Waals surface area contributed by atoms with Gasteiger partial charge in [0, 0.05) is 12.6 Å². The number of esters is 1. The molecule has 4 rings (SSSR count). The molecule has 7 heteroatoms. The number of aryl methyl sites for hydroxylation is 1. The van der Waals surface area contributed by atoms with Crippen molar-refractivity contribution in [1.29, 1.82) is 0 Å². The molecular formula is C23H20N2O5. The molecule has 0 saturated carbocycles. The first-order valence-corrected chi connectivity index (χ1v) is 9.42. The fourth-order valence-electron chi connectivity index (χ4n) is 3.08. The number of aromatic nitrogens is 1. The summed E-state index contributed by atoms with van der Waals surface area (Å²) in [5.41, 5.74) is 1.81. The fraction of sp³-hybridized carbons (Fsp3) is 0.174. The SMILES string of the molecule is Cc1ccc(CN(C)C(=O)COC(=O)c2ccc3noc(-c4ccccc4)c3c2)o1. The number of fused-ring (bicyclic) bond motifs is 1. The maximum Gasteiger partial charge on any atom is 0.338 e. The Labute approximate surface area is 172 Å². The van der Waals surface area contributed by atoms with Gasteiger partial charge in [-0.3, -0.25) is 4.79 Å². The molecule has 0 aliphatic heterocycles. The standard InChI is InChI=1S/C23H20N2O5/c1-15-8-10-18(29-15)13-25(2)21(26)14-28-23(27)17-9-11-20-19(12-17)22(30-24-20)16-6-4-3-5-7-16/h3-12H,13-14H2,1-2H3. The molecule has 152 valence electrons. The van der Waals surface area contributed by atoms with Crippen molar-refractivity contribution in [2.75, 3.05) is 13.7 Å². The summed E-state index contributed by atoms with van der Waals surface area (Å²) < 4.78 is 16.1. The molecule has 0 radical (unpaired) electrons. The second kappa shape index (κ2) is 8.24. The van der Waals surface area contributed by atoms with Crippen molar-refractivity contribution in [3.05, 3.63) is 77.7 Å². The molecule has 7 nitrogen and oxygen atoms in total. The molecule has 0 bridgehead atoms. The Morgan fingerprint density at radius 2 is 1.87 bits per heavy atom. The van der Waals surface area contributed by atoms with E-state index in [0.29, 0.717) is 34.5 Å². The maximum atomic E-state index is 12.5. The van der Waals surface area contributed by atoms with E-state index in [0.717, 1.165) is 11.3 Å². The van der Waals surface area contributed by atoms with E-state index < -0.39 is 5.97 Å². The third-order valence-corrected chi connectivity index (χ3v) is 4.69. The largest absolute Gasteiger partial charge is 0.464 e. The number of rotatable bonds is 6. The summed E-state index contributed by atoms with van der Waals surface area (Å²) in [5.74, 6) is 1.10. The van der Waals surface area contributed by atoms with Gasteiger partial charge in [0.05, 0.1) is 17.5 Å². The van der Waals surface area contributed by atoms with Gasteiger partial charge in [-0.05, 0) is 37.3 Å². The lowest BCUT2D eigenvalue weighted by atomic mass is 10.1. The zero-order valence-electron chi connectivity index (χ0n) is 16.6. The van der Waals surface area contributed by atoms with Gasteiger partial charge in [0.1, 0.15) is 17.0 Å². The van der Waals surface area contributed by atoms with Crippen molar-refractivity contribution < 1.29 is 23.3 Å². The van der Waals surface area contributed by atoms with Gasteiger partial charge in [0.15, 0.2) is 12.4 Å². The summed E-state index contributed by atoms with van der Waals surface area (Å²) in [6.07, 6.45) is 0. The summed E-state index contributed by atoms with van der Waals surface area (Å²) in [7, 11) is 1.63. The molecule has 1 amide bonds. The van der Waals surface area contributed by atoms with Crippen molar-refractivity contribution in [2.24, 2.45) is 0 Å². The maximum absolute atomic E-state index is 12.5. The van der Waals surface area contributed by atoms with E-state index in [1.165, 1.54) is 4.90 Å². The average molecular weight is 404 g/mol. The summed E-state index contributed by atoms with van der Waals surface area (Å²) >= 11 is 0. The number of amides is 1. The van der Waals surface area contributed by atoms with E-state index in [9.17, 15) is 9.59 Å². The van der Waals surface area contributed by atoms with Crippen LogP contribution in [0, 0.1) is 6.92 Å². The molecule has 0 N–H and O–H groups in total.